The van der Waals surface area contributed by atoms with Gasteiger partial charge in [0.05, 0.1) is 65.8 Å². The predicted molar refractivity (Wildman–Crippen MR) is 301 cm³/mol. The molecular formula is C57H50F8I2N8O7. The first kappa shape index (κ1) is 61.1. The number of esters is 1. The van der Waals surface area contributed by atoms with Crippen LogP contribution in [-0.4, -0.2) is 90.3 Å². The Hall–Kier alpha value is -6.95. The number of carbonyl (C=O) groups excluding carboxylic acids is 3. The molecule has 0 radical (unpaired) electrons. The van der Waals surface area contributed by atoms with Gasteiger partial charge in [0.15, 0.2) is 6.10 Å². The third-order valence-corrected chi connectivity index (χ3v) is 15.1. The number of ether oxygens (including phenoxy) is 1. The molecule has 0 aliphatic heterocycles. The van der Waals surface area contributed by atoms with Gasteiger partial charge in [0.25, 0.3) is 23.7 Å². The van der Waals surface area contributed by atoms with Crippen molar-refractivity contribution in [2.75, 3.05) is 24.7 Å². The fraction of sp³-hybridized carbons (Fsp3) is 0.281. The Morgan fingerprint density at radius 2 is 1.07 bits per heavy atom. The summed E-state index contributed by atoms with van der Waals surface area (Å²) in [5, 5.41) is 34.0. The lowest BCUT2D eigenvalue weighted by Gasteiger charge is -2.35. The number of nitrogens with zero attached hydrogens (tertiary/aromatic N) is 4. The minimum absolute atomic E-state index is 0.0434. The highest BCUT2D eigenvalue weighted by Gasteiger charge is 2.49. The van der Waals surface area contributed by atoms with E-state index in [9.17, 15) is 47.3 Å². The molecule has 0 bridgehead atoms. The van der Waals surface area contributed by atoms with Crippen molar-refractivity contribution in [1.82, 2.24) is 30.6 Å². The van der Waals surface area contributed by atoms with Crippen LogP contribution in [0.25, 0.3) is 22.5 Å². The number of hydrogen-bond acceptors (Lipinski definition) is 13. The summed E-state index contributed by atoms with van der Waals surface area (Å²) < 4.78 is 122. The van der Waals surface area contributed by atoms with E-state index < -0.39 is 115 Å². The summed E-state index contributed by atoms with van der Waals surface area (Å²) in [5.41, 5.74) is 13.0. The molecule has 9 N–H and O–H groups in total. The zero-order valence-corrected chi connectivity index (χ0v) is 47.1. The predicted octanol–water partition coefficient (Wildman–Crippen LogP) is 10.5. The summed E-state index contributed by atoms with van der Waals surface area (Å²) >= 11 is 3.80. The summed E-state index contributed by atoms with van der Waals surface area (Å²) in [7, 11) is 0. The number of amides is 2. The van der Waals surface area contributed by atoms with Gasteiger partial charge in [-0.05, 0) is 155 Å². The van der Waals surface area contributed by atoms with Gasteiger partial charge in [-0.15, -0.1) is 0 Å². The van der Waals surface area contributed by atoms with Gasteiger partial charge in [0.1, 0.15) is 52.4 Å². The summed E-state index contributed by atoms with van der Waals surface area (Å²) in [5.74, 6) is -13.6. The van der Waals surface area contributed by atoms with Gasteiger partial charge in [0, 0.05) is 42.9 Å². The van der Waals surface area contributed by atoms with Crippen molar-refractivity contribution in [2.24, 2.45) is 0 Å². The highest BCUT2D eigenvalue weighted by atomic mass is 127. The number of rotatable bonds is 14. The minimum Gasteiger partial charge on any atom is -0.452 e. The van der Waals surface area contributed by atoms with Crippen LogP contribution in [0, 0.1) is 30.4 Å². The average Bonchev–Trinajstić information content (AvgIpc) is 3.33. The number of nitrogens with two attached hydrogens (primary N) is 2. The maximum Gasteiger partial charge on any atom is 0.338 e. The maximum atomic E-state index is 15.2. The zero-order chi connectivity index (χ0) is 59.2. The first-order chi connectivity index (χ1) is 38.9. The molecule has 82 heavy (non-hydrogen) atoms. The smallest absolute Gasteiger partial charge is 0.338 e. The Labute approximate surface area is 490 Å². The van der Waals surface area contributed by atoms with Crippen LogP contribution < -0.4 is 22.1 Å². The second-order valence-corrected chi connectivity index (χ2v) is 22.0. The van der Waals surface area contributed by atoms with Gasteiger partial charge in [-0.1, -0.05) is 30.3 Å². The second kappa shape index (κ2) is 26.1. The van der Waals surface area contributed by atoms with Gasteiger partial charge >= 0.3 is 5.97 Å². The molecule has 0 unspecified atom stereocenters. The Bertz CT molecular complexity index is 3460. The van der Waals surface area contributed by atoms with Crippen LogP contribution in [0.4, 0.5) is 46.8 Å². The maximum absolute atomic E-state index is 15.2. The Morgan fingerprint density at radius 1 is 0.622 bits per heavy atom. The van der Waals surface area contributed by atoms with E-state index in [1.165, 1.54) is 67.0 Å². The van der Waals surface area contributed by atoms with E-state index in [-0.39, 0.29) is 87.9 Å². The second-order valence-electron chi connectivity index (χ2n) is 19.5. The van der Waals surface area contributed by atoms with Crippen LogP contribution in [0.2, 0.25) is 0 Å². The van der Waals surface area contributed by atoms with E-state index in [0.717, 1.165) is 18.2 Å². The summed E-state index contributed by atoms with van der Waals surface area (Å²) in [4.78, 5) is 54.9. The lowest BCUT2D eigenvalue weighted by atomic mass is 9.82. The molecule has 0 saturated heterocycles. The standard InChI is InChI=1S/C32H27F4IN4O4.C25H23F4IN4O3/c33-21-10-20(11-22(37)13-21)26(16-42)41-30(43)23-8-6-18(12-24(23)34)28-29(38)39-15-25(40-28)19-7-9-27(32(35,36)14-19)45-31(44)17-4-2-1-3-5-17;26-15-5-14(6-16(30)8-15)20(11-35)34-24(37)17-3-1-12(7-18(17)27)22-23(31)32-10-19(33-22)13-2-4-21(36)25(28,29)9-13/h1-6,8,10-13,15,19,26-27,42H,7,9,14,16H2,(H2,38,39)(H,41,43);1,3,5-8,10,13,20-21,35-36H,2,4,9,11H2,(H2,31,32)(H,34,37)/t19-,26+,27-;13-,20+,21-/m00/s1. The Kier molecular flexibility index (Phi) is 19.5. The molecule has 6 atom stereocenters. The molecule has 25 heteroatoms. The number of nitrogen functional groups attached to an aromatic ring is 2. The number of aliphatic hydroxyl groups excluding tert-OH is 3. The summed E-state index contributed by atoms with van der Waals surface area (Å²) in [6.07, 6.45) is -1.70. The summed E-state index contributed by atoms with van der Waals surface area (Å²) in [6, 6.07) is 21.2. The van der Waals surface area contributed by atoms with Crippen molar-refractivity contribution in [3.8, 4) is 22.5 Å². The third kappa shape index (κ3) is 14.6. The van der Waals surface area contributed by atoms with Crippen molar-refractivity contribution >= 4 is 74.6 Å². The molecule has 2 aromatic heterocycles. The number of anilines is 2. The molecule has 9 rings (SSSR count). The third-order valence-electron chi connectivity index (χ3n) is 13.8. The van der Waals surface area contributed by atoms with E-state index in [4.69, 9.17) is 16.2 Å². The molecule has 2 heterocycles. The number of aromatic nitrogens is 4. The van der Waals surface area contributed by atoms with E-state index in [1.807, 2.05) is 45.2 Å². The molecule has 15 nitrogen and oxygen atoms in total. The number of carbonyl (C=O) groups is 3. The molecular weight excluding hydrogens is 1310 g/mol. The number of hydrogen-bond donors (Lipinski definition) is 7. The van der Waals surface area contributed by atoms with Crippen LogP contribution in [0.5, 0.6) is 0 Å². The van der Waals surface area contributed by atoms with Crippen LogP contribution in [0.3, 0.4) is 0 Å². The van der Waals surface area contributed by atoms with Crippen LogP contribution in [0.15, 0.2) is 116 Å². The lowest BCUT2D eigenvalue weighted by molar-refractivity contribution is -0.140. The number of benzene rings is 5. The fourth-order valence-corrected chi connectivity index (χ4v) is 10.8. The van der Waals surface area contributed by atoms with Gasteiger partial charge in [-0.2, -0.15) is 0 Å². The van der Waals surface area contributed by atoms with Crippen LogP contribution in [-0.2, 0) is 4.74 Å². The molecule has 7 aromatic rings. The van der Waals surface area contributed by atoms with Crippen molar-refractivity contribution in [3.05, 3.63) is 185 Å². The molecule has 2 aliphatic carbocycles. The highest BCUT2D eigenvalue weighted by Crippen LogP contribution is 2.45. The van der Waals surface area contributed by atoms with E-state index in [0.29, 0.717) is 18.3 Å². The largest absolute Gasteiger partial charge is 0.452 e. The SMILES string of the molecule is Nc1ncc([C@H]2CC[C@H](O)C(F)(F)C2)nc1-c1ccc(C(=O)N[C@H](CO)c2cc(F)cc(I)c2)c(F)c1.Nc1ncc([C@H]2CC[C@H](OC(=O)c3ccccc3)C(F)(F)C2)nc1-c1ccc(C(=O)N[C@H](CO)c2cc(F)cc(I)c2)c(F)c1. The number of alkyl halides is 4. The fourth-order valence-electron chi connectivity index (χ4n) is 9.51. The highest BCUT2D eigenvalue weighted by molar-refractivity contribution is 14.1. The average molecular weight is 1360 g/mol. The quantitative estimate of drug-likeness (QED) is 0.0305. The van der Waals surface area contributed by atoms with E-state index >= 15 is 17.6 Å². The van der Waals surface area contributed by atoms with Gasteiger partial charge in [-0.25, -0.2) is 59.9 Å². The van der Waals surface area contributed by atoms with Crippen molar-refractivity contribution in [3.63, 3.8) is 0 Å². The van der Waals surface area contributed by atoms with E-state index in [2.05, 4.69) is 30.6 Å². The molecule has 0 spiro atoms. The van der Waals surface area contributed by atoms with Gasteiger partial charge in [-0.3, -0.25) is 9.59 Å². The van der Waals surface area contributed by atoms with Gasteiger partial charge < -0.3 is 42.2 Å². The molecule has 2 fully saturated rings. The number of halogens is 10. The zero-order valence-electron chi connectivity index (χ0n) is 42.8. The molecule has 5 aromatic carbocycles. The van der Waals surface area contributed by atoms with Crippen LogP contribution >= 0.6 is 45.2 Å². The summed E-state index contributed by atoms with van der Waals surface area (Å²) in [6.45, 7) is -1.10. The van der Waals surface area contributed by atoms with Crippen molar-refractivity contribution < 1.29 is 69.6 Å². The first-order valence-corrected chi connectivity index (χ1v) is 27.4. The van der Waals surface area contributed by atoms with Crippen molar-refractivity contribution in [1.29, 1.82) is 0 Å². The van der Waals surface area contributed by atoms with Gasteiger partial charge in [0.2, 0.25) is 0 Å². The lowest BCUT2D eigenvalue weighted by Crippen LogP contribution is -2.42. The molecule has 2 amide bonds. The molecule has 430 valence electrons. The minimum atomic E-state index is -3.34. The van der Waals surface area contributed by atoms with E-state index in [1.54, 1.807) is 30.3 Å². The Balaban J connectivity index is 0.000000219. The number of aliphatic hydroxyl groups is 3. The van der Waals surface area contributed by atoms with Crippen molar-refractivity contribution in [2.45, 2.75) is 86.5 Å². The Morgan fingerprint density at radius 3 is 1.49 bits per heavy atom. The monoisotopic (exact) mass is 1360 g/mol. The molecule has 2 aliphatic rings. The number of nitrogens with one attached hydrogen (secondary N) is 2. The first-order valence-electron chi connectivity index (χ1n) is 25.2. The normalized spacial score (nSPS) is 18.9. The topological polar surface area (TPSA) is 249 Å². The van der Waals surface area contributed by atoms with Crippen LogP contribution in [0.1, 0.15) is 116 Å². The molecule has 2 saturated carbocycles.